The van der Waals surface area contributed by atoms with Gasteiger partial charge < -0.3 is 9.47 Å². The number of rotatable bonds is 3. The van der Waals surface area contributed by atoms with Crippen LogP contribution in [0.2, 0.25) is 0 Å². The van der Waals surface area contributed by atoms with Crippen molar-refractivity contribution in [3.05, 3.63) is 47.2 Å². The summed E-state index contributed by atoms with van der Waals surface area (Å²) in [4.78, 5) is 2.48. The van der Waals surface area contributed by atoms with Crippen molar-refractivity contribution in [3.63, 3.8) is 0 Å². The molecule has 1 aromatic carbocycles. The van der Waals surface area contributed by atoms with Crippen LogP contribution >= 0.6 is 0 Å². The number of hydrogen-bond acceptors (Lipinski definition) is 3. The van der Waals surface area contributed by atoms with E-state index in [9.17, 15) is 0 Å². The zero-order valence-corrected chi connectivity index (χ0v) is 13.0. The number of nitrogens with zero attached hydrogens (tertiary/aromatic N) is 1. The molecular weight excluding hydrogens is 262 g/mol. The van der Waals surface area contributed by atoms with Gasteiger partial charge in [-0.3, -0.25) is 4.90 Å². The van der Waals surface area contributed by atoms with E-state index in [0.29, 0.717) is 6.10 Å². The van der Waals surface area contributed by atoms with E-state index < -0.39 is 0 Å². The van der Waals surface area contributed by atoms with Gasteiger partial charge >= 0.3 is 0 Å². The molecule has 21 heavy (non-hydrogen) atoms. The summed E-state index contributed by atoms with van der Waals surface area (Å²) in [6.07, 6.45) is 6.76. The van der Waals surface area contributed by atoms with Crippen LogP contribution in [0.5, 0.6) is 0 Å². The average Bonchev–Trinajstić information content (AvgIpc) is 2.48. The predicted molar refractivity (Wildman–Crippen MR) is 84.3 cm³/mol. The van der Waals surface area contributed by atoms with Gasteiger partial charge in [0.05, 0.1) is 19.0 Å². The first-order valence-electron chi connectivity index (χ1n) is 7.94. The number of hydrogen-bond donors (Lipinski definition) is 0. The van der Waals surface area contributed by atoms with E-state index in [2.05, 4.69) is 43.0 Å². The van der Waals surface area contributed by atoms with Crippen molar-refractivity contribution >= 4 is 0 Å². The van der Waals surface area contributed by atoms with Crippen LogP contribution in [0, 0.1) is 13.8 Å². The van der Waals surface area contributed by atoms with Gasteiger partial charge in [0.25, 0.3) is 0 Å². The van der Waals surface area contributed by atoms with E-state index in [1.807, 2.05) is 6.26 Å². The van der Waals surface area contributed by atoms with Gasteiger partial charge in [-0.25, -0.2) is 0 Å². The van der Waals surface area contributed by atoms with Gasteiger partial charge in [-0.1, -0.05) is 23.8 Å². The van der Waals surface area contributed by atoms with Crippen molar-refractivity contribution in [2.24, 2.45) is 0 Å². The molecule has 2 aliphatic heterocycles. The molecule has 2 unspecified atom stereocenters. The first kappa shape index (κ1) is 14.6. The molecule has 0 bridgehead atoms. The monoisotopic (exact) mass is 287 g/mol. The first-order chi connectivity index (χ1) is 10.2. The lowest BCUT2D eigenvalue weighted by Crippen LogP contribution is -2.43. The fraction of sp³-hybridized carbons (Fsp3) is 0.556. The highest BCUT2D eigenvalue weighted by atomic mass is 16.5. The fourth-order valence-corrected chi connectivity index (χ4v) is 3.25. The molecule has 0 aromatic heterocycles. The van der Waals surface area contributed by atoms with Crippen LogP contribution in [-0.2, 0) is 9.47 Å². The van der Waals surface area contributed by atoms with Crippen molar-refractivity contribution in [1.82, 2.24) is 4.90 Å². The van der Waals surface area contributed by atoms with Crippen molar-refractivity contribution in [2.75, 3.05) is 26.2 Å². The Morgan fingerprint density at radius 2 is 2.19 bits per heavy atom. The van der Waals surface area contributed by atoms with Gasteiger partial charge in [-0.15, -0.1) is 0 Å². The van der Waals surface area contributed by atoms with Gasteiger partial charge in [0, 0.05) is 19.6 Å². The zero-order chi connectivity index (χ0) is 14.7. The molecule has 2 atom stereocenters. The second-order valence-electron chi connectivity index (χ2n) is 6.19. The third kappa shape index (κ3) is 3.66. The minimum atomic E-state index is 0.193. The third-order valence-electron chi connectivity index (χ3n) is 4.41. The molecule has 3 rings (SSSR count). The van der Waals surface area contributed by atoms with E-state index in [0.717, 1.165) is 39.1 Å². The van der Waals surface area contributed by atoms with E-state index in [1.165, 1.54) is 16.7 Å². The van der Waals surface area contributed by atoms with Gasteiger partial charge in [0.15, 0.2) is 0 Å². The van der Waals surface area contributed by atoms with Crippen LogP contribution in [0.15, 0.2) is 30.5 Å². The lowest BCUT2D eigenvalue weighted by molar-refractivity contribution is -0.0452. The maximum Gasteiger partial charge on any atom is 0.111 e. The molecule has 0 saturated carbocycles. The van der Waals surface area contributed by atoms with Gasteiger partial charge in [-0.05, 0) is 43.9 Å². The van der Waals surface area contributed by atoms with E-state index in [-0.39, 0.29) is 6.10 Å². The highest BCUT2D eigenvalue weighted by molar-refractivity contribution is 5.32. The van der Waals surface area contributed by atoms with Crippen LogP contribution in [0.25, 0.3) is 0 Å². The topological polar surface area (TPSA) is 21.7 Å². The molecule has 3 nitrogen and oxygen atoms in total. The molecule has 0 spiro atoms. The third-order valence-corrected chi connectivity index (χ3v) is 4.41. The fourth-order valence-electron chi connectivity index (χ4n) is 3.25. The lowest BCUT2D eigenvalue weighted by Gasteiger charge is -2.36. The number of ether oxygens (including phenoxy) is 2. The largest absolute Gasteiger partial charge is 0.497 e. The summed E-state index contributed by atoms with van der Waals surface area (Å²) in [6.45, 7) is 8.10. The van der Waals surface area contributed by atoms with E-state index >= 15 is 0 Å². The van der Waals surface area contributed by atoms with Gasteiger partial charge in [0.1, 0.15) is 6.10 Å². The Bertz CT molecular complexity index is 512. The first-order valence-corrected chi connectivity index (χ1v) is 7.94. The molecular formula is C18H25NO2. The Balaban J connectivity index is 1.63. The smallest absolute Gasteiger partial charge is 0.111 e. The summed E-state index contributed by atoms with van der Waals surface area (Å²) < 4.78 is 11.7. The minimum absolute atomic E-state index is 0.193. The molecule has 0 amide bonds. The number of aryl methyl sites for hydroxylation is 2. The molecule has 2 aliphatic rings. The summed E-state index contributed by atoms with van der Waals surface area (Å²) in [6, 6.07) is 6.64. The molecule has 1 aromatic rings. The summed E-state index contributed by atoms with van der Waals surface area (Å²) >= 11 is 0. The molecule has 1 saturated heterocycles. The van der Waals surface area contributed by atoms with Crippen molar-refractivity contribution in [1.29, 1.82) is 0 Å². The molecule has 0 radical (unpaired) electrons. The van der Waals surface area contributed by atoms with Crippen LogP contribution in [0.4, 0.5) is 0 Å². The normalized spacial score (nSPS) is 26.6. The Hall–Kier alpha value is -1.32. The summed E-state index contributed by atoms with van der Waals surface area (Å²) in [5, 5.41) is 0. The quantitative estimate of drug-likeness (QED) is 0.851. The van der Waals surface area contributed by atoms with E-state index in [4.69, 9.17) is 9.47 Å². The molecule has 0 N–H and O–H groups in total. The minimum Gasteiger partial charge on any atom is -0.497 e. The van der Waals surface area contributed by atoms with Crippen molar-refractivity contribution < 1.29 is 9.47 Å². The number of allylic oxidation sites excluding steroid dienone is 1. The lowest BCUT2D eigenvalue weighted by atomic mass is 9.99. The van der Waals surface area contributed by atoms with Crippen LogP contribution in [0.3, 0.4) is 0 Å². The molecule has 114 valence electrons. The molecule has 3 heteroatoms. The highest BCUT2D eigenvalue weighted by Gasteiger charge is 2.25. The molecule has 2 heterocycles. The molecule has 0 aliphatic carbocycles. The van der Waals surface area contributed by atoms with Crippen molar-refractivity contribution in [2.45, 2.75) is 38.9 Å². The van der Waals surface area contributed by atoms with Crippen LogP contribution in [-0.4, -0.2) is 37.2 Å². The second kappa shape index (κ2) is 6.63. The maximum absolute atomic E-state index is 6.01. The second-order valence-corrected chi connectivity index (χ2v) is 6.19. The number of benzene rings is 1. The maximum atomic E-state index is 6.01. The predicted octanol–water partition coefficient (Wildman–Crippen LogP) is 3.37. The van der Waals surface area contributed by atoms with Gasteiger partial charge in [0.2, 0.25) is 0 Å². The summed E-state index contributed by atoms with van der Waals surface area (Å²) in [7, 11) is 0. The highest BCUT2D eigenvalue weighted by Crippen LogP contribution is 2.26. The Morgan fingerprint density at radius 3 is 2.95 bits per heavy atom. The summed E-state index contributed by atoms with van der Waals surface area (Å²) in [5.41, 5.74) is 3.97. The standard InChI is InChI=1S/C18H25NO2/c1-14-6-7-17(15(2)11-14)18-13-19(8-10-21-18)12-16-5-3-4-9-20-16/h4,6-7,9,11,16,18H,3,5,8,10,12-13H2,1-2H3. The Kier molecular flexibility index (Phi) is 4.61. The van der Waals surface area contributed by atoms with Crippen LogP contribution in [0.1, 0.15) is 35.6 Å². The van der Waals surface area contributed by atoms with E-state index in [1.54, 1.807) is 0 Å². The molecule has 1 fully saturated rings. The Morgan fingerprint density at radius 1 is 1.29 bits per heavy atom. The van der Waals surface area contributed by atoms with Gasteiger partial charge in [-0.2, -0.15) is 0 Å². The number of morpholine rings is 1. The van der Waals surface area contributed by atoms with Crippen LogP contribution < -0.4 is 0 Å². The summed E-state index contributed by atoms with van der Waals surface area (Å²) in [5.74, 6) is 0. The zero-order valence-electron chi connectivity index (χ0n) is 13.0. The Labute approximate surface area is 127 Å². The SMILES string of the molecule is Cc1ccc(C2CN(CC3CCC=CO3)CCO2)c(C)c1. The van der Waals surface area contributed by atoms with Crippen molar-refractivity contribution in [3.8, 4) is 0 Å². The average molecular weight is 287 g/mol.